The van der Waals surface area contributed by atoms with Gasteiger partial charge in [-0.05, 0) is 13.0 Å². The van der Waals surface area contributed by atoms with E-state index < -0.39 is 76.1 Å². The highest BCUT2D eigenvalue weighted by atomic mass is 19.4. The zero-order valence-corrected chi connectivity index (χ0v) is 14.9. The van der Waals surface area contributed by atoms with E-state index in [1.807, 2.05) is 0 Å². The molecule has 2 nitrogen and oxygen atoms in total. The van der Waals surface area contributed by atoms with Gasteiger partial charge < -0.3 is 5.11 Å². The first kappa shape index (κ1) is 27.3. The Morgan fingerprint density at radius 2 is 1.03 bits per heavy atom. The van der Waals surface area contributed by atoms with E-state index >= 15 is 8.78 Å². The fourth-order valence-electron chi connectivity index (χ4n) is 4.73. The maximum atomic E-state index is 15.3. The molecule has 2 aliphatic carbocycles. The lowest BCUT2D eigenvalue weighted by molar-refractivity contribution is -0.450. The molecule has 3 atom stereocenters. The van der Waals surface area contributed by atoms with Crippen molar-refractivity contribution in [2.75, 3.05) is 0 Å². The summed E-state index contributed by atoms with van der Waals surface area (Å²) in [6, 6.07) is 0. The van der Waals surface area contributed by atoms with Crippen molar-refractivity contribution in [3.63, 3.8) is 0 Å². The van der Waals surface area contributed by atoms with Crippen LogP contribution >= 0.6 is 0 Å². The number of alkyl halides is 17. The minimum Gasteiger partial charge on any atom is -0.478 e. The number of rotatable bonds is 2. The molecule has 0 saturated heterocycles. The lowest BCUT2D eigenvalue weighted by Crippen LogP contribution is -2.76. The molecule has 19 heteroatoms. The third kappa shape index (κ3) is 2.10. The summed E-state index contributed by atoms with van der Waals surface area (Å²) in [6.07, 6.45) is -27.2. The third-order valence-corrected chi connectivity index (χ3v) is 5.84. The lowest BCUT2D eigenvalue weighted by atomic mass is 9.58. The number of fused-ring (bicyclic) bond motifs is 2. The number of carboxylic acids is 1. The Kier molecular flexibility index (Phi) is 4.94. The first-order valence-corrected chi connectivity index (χ1v) is 7.72. The smallest absolute Gasteiger partial charge is 0.408 e. The number of allylic oxidation sites excluding steroid dienone is 1. The van der Waals surface area contributed by atoms with Crippen LogP contribution < -0.4 is 0 Å². The SMILES string of the molecule is CC(=CC1(F)C(F)(F)C2(F)C(F)(F)C(F)(F)C1(C(F)(F)F)C2(C(F)(F)F)C(F)(F)F)C(=O)O. The van der Waals surface area contributed by atoms with Crippen LogP contribution in [0.3, 0.4) is 0 Å². The zero-order chi connectivity index (χ0) is 26.9. The van der Waals surface area contributed by atoms with Crippen molar-refractivity contribution < 1.29 is 84.5 Å². The molecule has 2 saturated carbocycles. The maximum absolute atomic E-state index is 15.3. The number of carbonyl (C=O) groups is 1. The van der Waals surface area contributed by atoms with Crippen LogP contribution in [0.15, 0.2) is 11.6 Å². The molecule has 0 heterocycles. The van der Waals surface area contributed by atoms with E-state index in [1.165, 1.54) is 0 Å². The third-order valence-electron chi connectivity index (χ3n) is 5.84. The van der Waals surface area contributed by atoms with Crippen molar-refractivity contribution in [2.24, 2.45) is 10.8 Å². The Hall–Kier alpha value is -1.98. The topological polar surface area (TPSA) is 37.3 Å². The fourth-order valence-corrected chi connectivity index (χ4v) is 4.73. The zero-order valence-electron chi connectivity index (χ0n) is 14.9. The largest absolute Gasteiger partial charge is 0.478 e. The van der Waals surface area contributed by atoms with E-state index in [9.17, 15) is 70.7 Å². The molecule has 0 aliphatic heterocycles. The predicted molar refractivity (Wildman–Crippen MR) is 66.9 cm³/mol. The monoisotopic (exact) mass is 528 g/mol. The maximum Gasteiger partial charge on any atom is 0.408 e. The quantitative estimate of drug-likeness (QED) is 0.352. The summed E-state index contributed by atoms with van der Waals surface area (Å²) in [7, 11) is 0. The molecule has 192 valence electrons. The highest BCUT2D eigenvalue weighted by Gasteiger charge is 3.22. The fraction of sp³-hybridized carbons (Fsp3) is 0.786. The molecule has 0 aromatic rings. The van der Waals surface area contributed by atoms with E-state index in [-0.39, 0.29) is 6.92 Å². The summed E-state index contributed by atoms with van der Waals surface area (Å²) < 4.78 is 239. The van der Waals surface area contributed by atoms with Crippen LogP contribution in [0.25, 0.3) is 0 Å². The highest BCUT2D eigenvalue weighted by Crippen LogP contribution is 2.94. The first-order chi connectivity index (χ1) is 14.1. The number of hydrogen-bond acceptors (Lipinski definition) is 1. The molecule has 0 amide bonds. The molecule has 1 N–H and O–H groups in total. The Balaban J connectivity index is 3.55. The van der Waals surface area contributed by atoms with Crippen LogP contribution in [0.2, 0.25) is 0 Å². The van der Waals surface area contributed by atoms with Gasteiger partial charge in [0.25, 0.3) is 5.67 Å². The first-order valence-electron chi connectivity index (χ1n) is 7.72. The molecular formula is C14H5F17O2. The summed E-state index contributed by atoms with van der Waals surface area (Å²) in [6.45, 7) is -0.264. The molecule has 0 radical (unpaired) electrons. The summed E-state index contributed by atoms with van der Waals surface area (Å²) in [5, 5.41) is 8.50. The Bertz CT molecular complexity index is 894. The Labute approximate surface area is 169 Å². The van der Waals surface area contributed by atoms with E-state index in [0.717, 1.165) is 0 Å². The van der Waals surface area contributed by atoms with Crippen LogP contribution in [-0.4, -0.2) is 58.7 Å². The van der Waals surface area contributed by atoms with Crippen molar-refractivity contribution in [1.29, 1.82) is 0 Å². The van der Waals surface area contributed by atoms with Gasteiger partial charge in [-0.15, -0.1) is 0 Å². The van der Waals surface area contributed by atoms with Crippen molar-refractivity contribution in [3.05, 3.63) is 11.6 Å². The van der Waals surface area contributed by atoms with E-state index in [2.05, 4.69) is 0 Å². The van der Waals surface area contributed by atoms with Crippen LogP contribution in [0.5, 0.6) is 0 Å². The van der Waals surface area contributed by atoms with Crippen LogP contribution in [-0.2, 0) is 4.79 Å². The van der Waals surface area contributed by atoms with Crippen molar-refractivity contribution in [2.45, 2.75) is 54.6 Å². The minimum absolute atomic E-state index is 0.264. The number of halogens is 17. The van der Waals surface area contributed by atoms with Gasteiger partial charge in [0.1, 0.15) is 0 Å². The molecule has 0 spiro atoms. The Morgan fingerprint density at radius 1 is 0.667 bits per heavy atom. The van der Waals surface area contributed by atoms with Crippen LogP contribution in [0.4, 0.5) is 74.6 Å². The second-order valence-corrected chi connectivity index (χ2v) is 7.22. The average Bonchev–Trinajstić information content (AvgIpc) is 2.72. The molecule has 0 aromatic carbocycles. The number of hydrogen-bond donors (Lipinski definition) is 1. The van der Waals surface area contributed by atoms with E-state index in [0.29, 0.717) is 0 Å². The van der Waals surface area contributed by atoms with Gasteiger partial charge in [0.2, 0.25) is 16.5 Å². The van der Waals surface area contributed by atoms with E-state index in [4.69, 9.17) is 5.11 Å². The van der Waals surface area contributed by atoms with Gasteiger partial charge in [0, 0.05) is 5.57 Å². The minimum atomic E-state index is -8.53. The second kappa shape index (κ2) is 5.98. The number of aliphatic carboxylic acids is 1. The summed E-state index contributed by atoms with van der Waals surface area (Å²) in [5.41, 5.74) is -34.9. The molecule has 0 aromatic heterocycles. The van der Waals surface area contributed by atoms with Gasteiger partial charge in [0.05, 0.1) is 0 Å². The molecule has 2 fully saturated rings. The van der Waals surface area contributed by atoms with Gasteiger partial charge in [-0.25, -0.2) is 13.6 Å². The standard InChI is InChI=1S/C14H5F17O2/c1-3(4(32)33)2-5(15)6(12(23,24)25)7(13(26,27)28,14(29,30)31)8(16,9(5,17)18)11(21,22)10(6,19)20/h2H,1H3,(H,32,33). The average molecular weight is 528 g/mol. The van der Waals surface area contributed by atoms with Gasteiger partial charge in [0.15, 0.2) is 0 Å². The van der Waals surface area contributed by atoms with Gasteiger partial charge >= 0.3 is 42.3 Å². The van der Waals surface area contributed by atoms with Crippen molar-refractivity contribution >= 4 is 5.97 Å². The van der Waals surface area contributed by atoms with Crippen LogP contribution in [0.1, 0.15) is 6.92 Å². The predicted octanol–water partition coefficient (Wildman–Crippen LogP) is 6.03. The van der Waals surface area contributed by atoms with Crippen LogP contribution in [0, 0.1) is 10.8 Å². The molecule has 33 heavy (non-hydrogen) atoms. The lowest BCUT2D eigenvalue weighted by Gasteiger charge is -2.51. The number of carboxylic acid groups (broad SMARTS) is 1. The normalized spacial score (nSPS) is 37.3. The Morgan fingerprint density at radius 3 is 1.30 bits per heavy atom. The van der Waals surface area contributed by atoms with Gasteiger partial charge in [-0.1, -0.05) is 0 Å². The summed E-state index contributed by atoms with van der Waals surface area (Å²) in [4.78, 5) is 10.7. The molecule has 3 unspecified atom stereocenters. The highest BCUT2D eigenvalue weighted by molar-refractivity contribution is 5.86. The van der Waals surface area contributed by atoms with E-state index in [1.54, 1.807) is 0 Å². The molecule has 2 bridgehead atoms. The van der Waals surface area contributed by atoms with Gasteiger partial charge in [-0.2, -0.15) is 65.9 Å². The van der Waals surface area contributed by atoms with Gasteiger partial charge in [-0.3, -0.25) is 0 Å². The summed E-state index contributed by atoms with van der Waals surface area (Å²) in [5.74, 6) is -27.1. The molecule has 2 aliphatic rings. The van der Waals surface area contributed by atoms with Crippen molar-refractivity contribution in [1.82, 2.24) is 0 Å². The molecule has 2 rings (SSSR count). The second-order valence-electron chi connectivity index (χ2n) is 7.22. The van der Waals surface area contributed by atoms with Crippen molar-refractivity contribution in [3.8, 4) is 0 Å². The molecular weight excluding hydrogens is 523 g/mol. The summed E-state index contributed by atoms with van der Waals surface area (Å²) >= 11 is 0.